The van der Waals surface area contributed by atoms with Crippen molar-refractivity contribution in [1.29, 1.82) is 0 Å². The summed E-state index contributed by atoms with van der Waals surface area (Å²) in [6.07, 6.45) is 4.83. The number of hydrogen-bond acceptors (Lipinski definition) is 2. The van der Waals surface area contributed by atoms with Crippen molar-refractivity contribution < 1.29 is 4.84 Å². The van der Waals surface area contributed by atoms with E-state index in [0.29, 0.717) is 6.04 Å². The molecule has 0 aliphatic rings. The molecule has 0 saturated carbocycles. The van der Waals surface area contributed by atoms with Crippen LogP contribution in [0.15, 0.2) is 0 Å². The first kappa shape index (κ1) is 10.9. The second-order valence-electron chi connectivity index (χ2n) is 3.01. The predicted octanol–water partition coefficient (Wildman–Crippen LogP) is 2.50. The molecule has 0 aromatic heterocycles. The average Bonchev–Trinajstić information content (AvgIpc) is 2.01. The summed E-state index contributed by atoms with van der Waals surface area (Å²) in [5.74, 6) is 0. The Hall–Kier alpha value is -0.0800. The number of unbranched alkanes of at least 4 members (excludes halogenated alkanes) is 1. The minimum Gasteiger partial charge on any atom is -0.302 e. The Morgan fingerprint density at radius 3 is 2.55 bits per heavy atom. The number of nitrogens with one attached hydrogen (secondary N) is 1. The van der Waals surface area contributed by atoms with Crippen molar-refractivity contribution >= 4 is 0 Å². The third-order valence-electron chi connectivity index (χ3n) is 1.58. The van der Waals surface area contributed by atoms with E-state index in [1.165, 1.54) is 19.3 Å². The highest BCUT2D eigenvalue weighted by molar-refractivity contribution is 4.52. The zero-order chi connectivity index (χ0) is 8.53. The molecule has 1 N–H and O–H groups in total. The van der Waals surface area contributed by atoms with Crippen LogP contribution in [0.1, 0.15) is 46.5 Å². The molecule has 0 aromatic carbocycles. The van der Waals surface area contributed by atoms with Crippen LogP contribution in [0.3, 0.4) is 0 Å². The molecule has 0 fully saturated rings. The molecule has 0 aliphatic heterocycles. The average molecular weight is 159 g/mol. The molecule has 1 unspecified atom stereocenters. The van der Waals surface area contributed by atoms with E-state index >= 15 is 0 Å². The van der Waals surface area contributed by atoms with Crippen LogP contribution in [0.5, 0.6) is 0 Å². The summed E-state index contributed by atoms with van der Waals surface area (Å²) in [7, 11) is 0. The Bertz CT molecular complexity index is 76.0. The molecular formula is C9H21NO. The molecule has 2 heteroatoms. The number of hydrogen-bond donors (Lipinski definition) is 1. The van der Waals surface area contributed by atoms with Crippen molar-refractivity contribution in [2.45, 2.75) is 52.5 Å². The topological polar surface area (TPSA) is 21.3 Å². The quantitative estimate of drug-likeness (QED) is 0.455. The van der Waals surface area contributed by atoms with Crippen molar-refractivity contribution in [2.75, 3.05) is 6.61 Å². The van der Waals surface area contributed by atoms with Crippen molar-refractivity contribution in [2.24, 2.45) is 0 Å². The Morgan fingerprint density at radius 2 is 2.00 bits per heavy atom. The summed E-state index contributed by atoms with van der Waals surface area (Å²) in [6.45, 7) is 7.29. The lowest BCUT2D eigenvalue weighted by Gasteiger charge is -2.12. The molecule has 2 nitrogen and oxygen atoms in total. The molecule has 0 radical (unpaired) electrons. The maximum Gasteiger partial charge on any atom is 0.0679 e. The van der Waals surface area contributed by atoms with Crippen LogP contribution in [-0.2, 0) is 4.84 Å². The highest BCUT2D eigenvalue weighted by atomic mass is 16.6. The Labute approximate surface area is 70.3 Å². The van der Waals surface area contributed by atoms with Gasteiger partial charge in [0.1, 0.15) is 0 Å². The highest BCUT2D eigenvalue weighted by Crippen LogP contribution is 1.98. The maximum absolute atomic E-state index is 5.19. The first-order valence-corrected chi connectivity index (χ1v) is 4.68. The third-order valence-corrected chi connectivity index (χ3v) is 1.58. The largest absolute Gasteiger partial charge is 0.302 e. The van der Waals surface area contributed by atoms with Crippen molar-refractivity contribution in [3.8, 4) is 0 Å². The summed E-state index contributed by atoms with van der Waals surface area (Å²) in [6, 6.07) is 0.501. The highest BCUT2D eigenvalue weighted by Gasteiger charge is 1.98. The standard InChI is InChI=1S/C9H21NO/c1-4-6-7-9(3)10-11-8-5-2/h9-10H,4-8H2,1-3H3. The van der Waals surface area contributed by atoms with Crippen molar-refractivity contribution in [3.05, 3.63) is 0 Å². The zero-order valence-electron chi connectivity index (χ0n) is 8.02. The molecule has 68 valence electrons. The fourth-order valence-electron chi connectivity index (χ4n) is 0.872. The van der Waals surface area contributed by atoms with Crippen LogP contribution in [-0.4, -0.2) is 12.6 Å². The Balaban J connectivity index is 3.02. The zero-order valence-corrected chi connectivity index (χ0v) is 8.02. The van der Waals surface area contributed by atoms with Crippen LogP contribution in [0, 0.1) is 0 Å². The van der Waals surface area contributed by atoms with Gasteiger partial charge < -0.3 is 4.84 Å². The molecule has 0 saturated heterocycles. The van der Waals surface area contributed by atoms with E-state index < -0.39 is 0 Å². The van der Waals surface area contributed by atoms with Gasteiger partial charge in [0.2, 0.25) is 0 Å². The van der Waals surface area contributed by atoms with Crippen molar-refractivity contribution in [1.82, 2.24) is 5.48 Å². The van der Waals surface area contributed by atoms with E-state index in [4.69, 9.17) is 4.84 Å². The fraction of sp³-hybridized carbons (Fsp3) is 1.00. The van der Waals surface area contributed by atoms with Gasteiger partial charge >= 0.3 is 0 Å². The normalized spacial score (nSPS) is 13.4. The number of hydroxylamine groups is 1. The molecule has 0 aliphatic carbocycles. The Kier molecular flexibility index (Phi) is 7.96. The monoisotopic (exact) mass is 159 g/mol. The molecule has 0 aromatic rings. The van der Waals surface area contributed by atoms with E-state index in [-0.39, 0.29) is 0 Å². The van der Waals surface area contributed by atoms with E-state index in [0.717, 1.165) is 13.0 Å². The van der Waals surface area contributed by atoms with Gasteiger partial charge in [-0.25, -0.2) is 0 Å². The Morgan fingerprint density at radius 1 is 1.27 bits per heavy atom. The summed E-state index contributed by atoms with van der Waals surface area (Å²) in [4.78, 5) is 5.19. The SMILES string of the molecule is CCCCC(C)NOCCC. The summed E-state index contributed by atoms with van der Waals surface area (Å²) < 4.78 is 0. The van der Waals surface area contributed by atoms with Gasteiger partial charge in [-0.2, -0.15) is 5.48 Å². The molecule has 0 amide bonds. The van der Waals surface area contributed by atoms with Crippen molar-refractivity contribution in [3.63, 3.8) is 0 Å². The minimum absolute atomic E-state index is 0.501. The maximum atomic E-state index is 5.19. The van der Waals surface area contributed by atoms with E-state index in [1.807, 2.05) is 0 Å². The van der Waals surface area contributed by atoms with Crippen LogP contribution >= 0.6 is 0 Å². The molecule has 11 heavy (non-hydrogen) atoms. The summed E-state index contributed by atoms with van der Waals surface area (Å²) >= 11 is 0. The van der Waals surface area contributed by atoms with Gasteiger partial charge in [0.15, 0.2) is 0 Å². The predicted molar refractivity (Wildman–Crippen MR) is 48.4 cm³/mol. The molecule has 0 heterocycles. The summed E-state index contributed by atoms with van der Waals surface area (Å²) in [5.41, 5.74) is 3.02. The number of rotatable bonds is 7. The van der Waals surface area contributed by atoms with Gasteiger partial charge in [-0.15, -0.1) is 0 Å². The van der Waals surface area contributed by atoms with Crippen LogP contribution in [0.4, 0.5) is 0 Å². The lowest BCUT2D eigenvalue weighted by molar-refractivity contribution is 0.0182. The smallest absolute Gasteiger partial charge is 0.0679 e. The van der Waals surface area contributed by atoms with Gasteiger partial charge in [0.05, 0.1) is 6.61 Å². The van der Waals surface area contributed by atoms with Gasteiger partial charge in [-0.3, -0.25) is 0 Å². The molecule has 0 bridgehead atoms. The van der Waals surface area contributed by atoms with Crippen LogP contribution in [0.2, 0.25) is 0 Å². The molecular weight excluding hydrogens is 138 g/mol. The van der Waals surface area contributed by atoms with E-state index in [2.05, 4.69) is 26.3 Å². The van der Waals surface area contributed by atoms with E-state index in [9.17, 15) is 0 Å². The molecule has 0 rings (SSSR count). The summed E-state index contributed by atoms with van der Waals surface area (Å²) in [5, 5.41) is 0. The van der Waals surface area contributed by atoms with E-state index in [1.54, 1.807) is 0 Å². The van der Waals surface area contributed by atoms with Gasteiger partial charge in [-0.1, -0.05) is 26.7 Å². The van der Waals surface area contributed by atoms with Gasteiger partial charge in [-0.05, 0) is 19.8 Å². The van der Waals surface area contributed by atoms with Crippen LogP contribution in [0.25, 0.3) is 0 Å². The first-order valence-electron chi connectivity index (χ1n) is 4.68. The molecule has 1 atom stereocenters. The lowest BCUT2D eigenvalue weighted by atomic mass is 10.2. The second-order valence-corrected chi connectivity index (χ2v) is 3.01. The van der Waals surface area contributed by atoms with Gasteiger partial charge in [0, 0.05) is 6.04 Å². The lowest BCUT2D eigenvalue weighted by Crippen LogP contribution is -2.26. The first-order chi connectivity index (χ1) is 5.31. The van der Waals surface area contributed by atoms with Gasteiger partial charge in [0.25, 0.3) is 0 Å². The van der Waals surface area contributed by atoms with Crippen LogP contribution < -0.4 is 5.48 Å². The fourth-order valence-corrected chi connectivity index (χ4v) is 0.872. The second kappa shape index (κ2) is 8.02. The minimum atomic E-state index is 0.501. The third kappa shape index (κ3) is 7.82. The molecule has 0 spiro atoms.